The Kier molecular flexibility index (Phi) is 3.63. The highest BCUT2D eigenvalue weighted by Crippen LogP contribution is 2.18. The molecular formula is C14H16N4. The van der Waals surface area contributed by atoms with E-state index < -0.39 is 0 Å². The topological polar surface area (TPSA) is 53.6 Å². The molecule has 1 heterocycles. The summed E-state index contributed by atoms with van der Waals surface area (Å²) >= 11 is 0. The van der Waals surface area contributed by atoms with Gasteiger partial charge < -0.3 is 9.88 Å². The molecule has 0 fully saturated rings. The van der Waals surface area contributed by atoms with Gasteiger partial charge in [-0.15, -0.1) is 0 Å². The summed E-state index contributed by atoms with van der Waals surface area (Å²) in [6, 6.07) is 8.04. The molecule has 1 aromatic carbocycles. The van der Waals surface area contributed by atoms with Crippen LogP contribution in [0.3, 0.4) is 0 Å². The van der Waals surface area contributed by atoms with Crippen LogP contribution < -0.4 is 5.32 Å². The van der Waals surface area contributed by atoms with E-state index in [1.807, 2.05) is 31.3 Å². The lowest BCUT2D eigenvalue weighted by atomic mass is 10.1. The molecule has 2 aromatic rings. The number of hydrogen-bond donors (Lipinski definition) is 1. The molecule has 1 aromatic heterocycles. The first-order valence-corrected chi connectivity index (χ1v) is 6.00. The minimum Gasteiger partial charge on any atom is -0.377 e. The van der Waals surface area contributed by atoms with Gasteiger partial charge in [0.2, 0.25) is 0 Å². The highest BCUT2D eigenvalue weighted by Gasteiger charge is 2.06. The van der Waals surface area contributed by atoms with Gasteiger partial charge in [0.1, 0.15) is 11.9 Å². The van der Waals surface area contributed by atoms with Crippen LogP contribution in [0.5, 0.6) is 0 Å². The van der Waals surface area contributed by atoms with Gasteiger partial charge in [-0.2, -0.15) is 5.26 Å². The summed E-state index contributed by atoms with van der Waals surface area (Å²) in [5, 5.41) is 12.4. The summed E-state index contributed by atoms with van der Waals surface area (Å²) in [7, 11) is 0. The van der Waals surface area contributed by atoms with Crippen molar-refractivity contribution in [2.24, 2.45) is 0 Å². The first-order chi connectivity index (χ1) is 8.76. The summed E-state index contributed by atoms with van der Waals surface area (Å²) in [6.07, 6.45) is 3.75. The number of imidazole rings is 1. The molecular weight excluding hydrogens is 224 g/mol. The minimum absolute atomic E-state index is 0.624. The van der Waals surface area contributed by atoms with Gasteiger partial charge in [-0.25, -0.2) is 4.98 Å². The summed E-state index contributed by atoms with van der Waals surface area (Å²) in [5.41, 5.74) is 2.55. The monoisotopic (exact) mass is 240 g/mol. The number of anilines is 1. The number of hydrogen-bond acceptors (Lipinski definition) is 3. The van der Waals surface area contributed by atoms with Crippen LogP contribution in [0.4, 0.5) is 5.69 Å². The maximum Gasteiger partial charge on any atom is 0.128 e. The van der Waals surface area contributed by atoms with E-state index in [9.17, 15) is 0 Å². The van der Waals surface area contributed by atoms with E-state index in [1.54, 1.807) is 6.20 Å². The maximum atomic E-state index is 9.15. The van der Waals surface area contributed by atoms with Crippen molar-refractivity contribution in [3.63, 3.8) is 0 Å². The van der Waals surface area contributed by atoms with E-state index in [4.69, 9.17) is 5.26 Å². The Labute approximate surface area is 107 Å². The molecule has 4 nitrogen and oxygen atoms in total. The van der Waals surface area contributed by atoms with Gasteiger partial charge in [0.15, 0.2) is 0 Å². The maximum absolute atomic E-state index is 9.15. The predicted molar refractivity (Wildman–Crippen MR) is 71.1 cm³/mol. The molecule has 1 N–H and O–H groups in total. The predicted octanol–water partition coefficient (Wildman–Crippen LogP) is 2.70. The van der Waals surface area contributed by atoms with Crippen molar-refractivity contribution < 1.29 is 0 Å². The average Bonchev–Trinajstić information content (AvgIpc) is 2.83. The summed E-state index contributed by atoms with van der Waals surface area (Å²) in [4.78, 5) is 4.30. The van der Waals surface area contributed by atoms with E-state index in [-0.39, 0.29) is 0 Å². The van der Waals surface area contributed by atoms with Gasteiger partial charge in [0.25, 0.3) is 0 Å². The molecule has 0 unspecified atom stereocenters. The molecule has 0 aliphatic carbocycles. The van der Waals surface area contributed by atoms with Crippen molar-refractivity contribution in [1.82, 2.24) is 9.55 Å². The second kappa shape index (κ2) is 5.37. The molecule has 0 aliphatic rings. The standard InChI is InChI=1S/C14H16N4/c1-3-18-8-7-16-14(18)10-17-13-6-4-5-11(2)12(13)9-15/h4-8,17H,3,10H2,1-2H3. The molecule has 0 aliphatic heterocycles. The van der Waals surface area contributed by atoms with Crippen LogP contribution in [-0.4, -0.2) is 9.55 Å². The molecule has 2 rings (SSSR count). The van der Waals surface area contributed by atoms with E-state index in [1.165, 1.54) is 0 Å². The minimum atomic E-state index is 0.624. The first-order valence-electron chi connectivity index (χ1n) is 6.00. The van der Waals surface area contributed by atoms with Gasteiger partial charge in [-0.1, -0.05) is 12.1 Å². The van der Waals surface area contributed by atoms with Crippen molar-refractivity contribution >= 4 is 5.69 Å². The average molecular weight is 240 g/mol. The summed E-state index contributed by atoms with van der Waals surface area (Å²) in [6.45, 7) is 5.55. The zero-order chi connectivity index (χ0) is 13.0. The van der Waals surface area contributed by atoms with Crippen LogP contribution >= 0.6 is 0 Å². The number of rotatable bonds is 4. The molecule has 0 saturated carbocycles. The molecule has 92 valence electrons. The third-order valence-corrected chi connectivity index (χ3v) is 2.96. The fraction of sp³-hybridized carbons (Fsp3) is 0.286. The van der Waals surface area contributed by atoms with Gasteiger partial charge in [0, 0.05) is 18.9 Å². The van der Waals surface area contributed by atoms with Crippen LogP contribution in [0.1, 0.15) is 23.9 Å². The lowest BCUT2D eigenvalue weighted by Gasteiger charge is -2.10. The zero-order valence-electron chi connectivity index (χ0n) is 10.6. The third kappa shape index (κ3) is 2.35. The molecule has 18 heavy (non-hydrogen) atoms. The second-order valence-electron chi connectivity index (χ2n) is 4.09. The molecule has 0 spiro atoms. The Balaban J connectivity index is 2.16. The molecule has 0 amide bonds. The second-order valence-corrected chi connectivity index (χ2v) is 4.09. The van der Waals surface area contributed by atoms with Crippen LogP contribution in [-0.2, 0) is 13.1 Å². The molecule has 0 bridgehead atoms. The van der Waals surface area contributed by atoms with E-state index in [0.29, 0.717) is 12.1 Å². The van der Waals surface area contributed by atoms with Crippen LogP contribution in [0.15, 0.2) is 30.6 Å². The van der Waals surface area contributed by atoms with Crippen molar-refractivity contribution in [3.05, 3.63) is 47.5 Å². The summed E-state index contributed by atoms with van der Waals surface area (Å²) in [5.74, 6) is 0.975. The largest absolute Gasteiger partial charge is 0.377 e. The molecule has 4 heteroatoms. The number of aryl methyl sites for hydroxylation is 2. The SMILES string of the molecule is CCn1ccnc1CNc1cccc(C)c1C#N. The Hall–Kier alpha value is -2.28. The van der Waals surface area contributed by atoms with Gasteiger partial charge >= 0.3 is 0 Å². The lowest BCUT2D eigenvalue weighted by molar-refractivity contribution is 0.708. The normalized spacial score (nSPS) is 10.1. The zero-order valence-corrected chi connectivity index (χ0v) is 10.6. The van der Waals surface area contributed by atoms with Gasteiger partial charge in [-0.05, 0) is 25.5 Å². The first kappa shape index (κ1) is 12.2. The highest BCUT2D eigenvalue weighted by atomic mass is 15.1. The molecule has 0 radical (unpaired) electrons. The summed E-state index contributed by atoms with van der Waals surface area (Å²) < 4.78 is 2.08. The highest BCUT2D eigenvalue weighted by molar-refractivity contribution is 5.60. The molecule has 0 atom stereocenters. The molecule has 0 saturated heterocycles. The van der Waals surface area contributed by atoms with E-state index >= 15 is 0 Å². The Morgan fingerprint density at radius 2 is 2.28 bits per heavy atom. The van der Waals surface area contributed by atoms with Crippen molar-refractivity contribution in [2.45, 2.75) is 26.9 Å². The van der Waals surface area contributed by atoms with Gasteiger partial charge in [0.05, 0.1) is 17.8 Å². The van der Waals surface area contributed by atoms with Crippen LogP contribution in [0.25, 0.3) is 0 Å². The van der Waals surface area contributed by atoms with Crippen LogP contribution in [0.2, 0.25) is 0 Å². The van der Waals surface area contributed by atoms with Crippen molar-refractivity contribution in [3.8, 4) is 6.07 Å². The quantitative estimate of drug-likeness (QED) is 0.894. The van der Waals surface area contributed by atoms with Crippen molar-refractivity contribution in [1.29, 1.82) is 5.26 Å². The fourth-order valence-corrected chi connectivity index (χ4v) is 1.93. The van der Waals surface area contributed by atoms with E-state index in [0.717, 1.165) is 23.6 Å². The van der Waals surface area contributed by atoms with E-state index in [2.05, 4.69) is 27.9 Å². The Morgan fingerprint density at radius 3 is 3.00 bits per heavy atom. The smallest absolute Gasteiger partial charge is 0.128 e. The fourth-order valence-electron chi connectivity index (χ4n) is 1.93. The number of nitrogens with one attached hydrogen (secondary N) is 1. The lowest BCUT2D eigenvalue weighted by Crippen LogP contribution is -2.08. The Bertz CT molecular complexity index is 578. The number of nitriles is 1. The number of nitrogens with zero attached hydrogens (tertiary/aromatic N) is 3. The third-order valence-electron chi connectivity index (χ3n) is 2.96. The Morgan fingerprint density at radius 1 is 1.44 bits per heavy atom. The van der Waals surface area contributed by atoms with Crippen molar-refractivity contribution in [2.75, 3.05) is 5.32 Å². The van der Waals surface area contributed by atoms with Gasteiger partial charge in [-0.3, -0.25) is 0 Å². The number of aromatic nitrogens is 2. The number of benzene rings is 1. The van der Waals surface area contributed by atoms with Crippen LogP contribution in [0, 0.1) is 18.3 Å².